The molecule has 0 atom stereocenters. The van der Waals surface area contributed by atoms with Gasteiger partial charge in [-0.05, 0) is 30.7 Å². The van der Waals surface area contributed by atoms with Gasteiger partial charge >= 0.3 is 0 Å². The summed E-state index contributed by atoms with van der Waals surface area (Å²) in [6.45, 7) is 2.06. The molecule has 1 aromatic heterocycles. The molecule has 2 aromatic rings. The summed E-state index contributed by atoms with van der Waals surface area (Å²) in [5, 5.41) is 1.08. The quantitative estimate of drug-likeness (QED) is 0.776. The van der Waals surface area contributed by atoms with Gasteiger partial charge in [0.05, 0.1) is 12.6 Å². The van der Waals surface area contributed by atoms with Crippen LogP contribution in [-0.2, 0) is 0 Å². The van der Waals surface area contributed by atoms with E-state index in [0.717, 1.165) is 21.1 Å². The number of hydrogen-bond donors (Lipinski definition) is 0. The van der Waals surface area contributed by atoms with Gasteiger partial charge in [-0.3, -0.25) is 4.98 Å². The maximum atomic E-state index is 5.32. The minimum Gasteiger partial charge on any atom is -0.496 e. The van der Waals surface area contributed by atoms with E-state index >= 15 is 0 Å². The predicted molar refractivity (Wildman–Crippen MR) is 60.7 cm³/mol. The normalized spacial score (nSPS) is 10.5. The Morgan fingerprint density at radius 3 is 2.86 bits per heavy atom. The van der Waals surface area contributed by atoms with Gasteiger partial charge in [-0.15, -0.1) is 0 Å². The molecule has 0 amide bonds. The first kappa shape index (κ1) is 9.46. The van der Waals surface area contributed by atoms with Gasteiger partial charge in [-0.25, -0.2) is 0 Å². The summed E-state index contributed by atoms with van der Waals surface area (Å²) < 4.78 is 6.31. The summed E-state index contributed by atoms with van der Waals surface area (Å²) in [5.74, 6) is 0.861. The van der Waals surface area contributed by atoms with Crippen LogP contribution in [0.2, 0.25) is 0 Å². The van der Waals surface area contributed by atoms with Crippen LogP contribution >= 0.6 is 15.9 Å². The van der Waals surface area contributed by atoms with Crippen LogP contribution in [0, 0.1) is 6.92 Å². The Hall–Kier alpha value is -1.09. The van der Waals surface area contributed by atoms with Gasteiger partial charge in [0.2, 0.25) is 0 Å². The molecule has 0 N–H and O–H groups in total. The molecule has 0 saturated heterocycles. The molecular formula is C11H10BrNO. The molecule has 0 spiro atoms. The second kappa shape index (κ2) is 3.58. The molecule has 0 radical (unpaired) electrons. The van der Waals surface area contributed by atoms with Gasteiger partial charge < -0.3 is 4.74 Å². The average molecular weight is 252 g/mol. The predicted octanol–water partition coefficient (Wildman–Crippen LogP) is 3.31. The summed E-state index contributed by atoms with van der Waals surface area (Å²) in [6.07, 6.45) is 1.81. The molecule has 0 aliphatic carbocycles. The van der Waals surface area contributed by atoms with Crippen LogP contribution in [0.15, 0.2) is 28.9 Å². The molecule has 0 bridgehead atoms. The number of rotatable bonds is 1. The highest BCUT2D eigenvalue weighted by molar-refractivity contribution is 9.10. The van der Waals surface area contributed by atoms with Crippen LogP contribution in [-0.4, -0.2) is 12.1 Å². The lowest BCUT2D eigenvalue weighted by Gasteiger charge is -2.07. The molecular weight excluding hydrogens is 242 g/mol. The van der Waals surface area contributed by atoms with Crippen molar-refractivity contribution in [2.45, 2.75) is 6.92 Å². The fourth-order valence-electron chi connectivity index (χ4n) is 1.54. The number of methoxy groups -OCH3 is 1. The van der Waals surface area contributed by atoms with E-state index in [-0.39, 0.29) is 0 Å². The molecule has 3 heteroatoms. The van der Waals surface area contributed by atoms with E-state index in [4.69, 9.17) is 4.74 Å². The Morgan fingerprint density at radius 2 is 2.14 bits per heavy atom. The highest BCUT2D eigenvalue weighted by Crippen LogP contribution is 2.30. The molecule has 72 valence electrons. The number of pyridine rings is 1. The first-order valence-corrected chi connectivity index (χ1v) is 5.10. The number of ether oxygens (including phenoxy) is 1. The Kier molecular flexibility index (Phi) is 2.42. The monoisotopic (exact) mass is 251 g/mol. The van der Waals surface area contributed by atoms with E-state index in [9.17, 15) is 0 Å². The molecule has 0 fully saturated rings. The number of fused-ring (bicyclic) bond motifs is 1. The van der Waals surface area contributed by atoms with Gasteiger partial charge in [0.25, 0.3) is 0 Å². The summed E-state index contributed by atoms with van der Waals surface area (Å²) in [6, 6.07) is 5.93. The molecule has 2 rings (SSSR count). The first-order chi connectivity index (χ1) is 6.72. The van der Waals surface area contributed by atoms with E-state index in [1.807, 2.05) is 24.4 Å². The zero-order valence-corrected chi connectivity index (χ0v) is 9.63. The van der Waals surface area contributed by atoms with Crippen molar-refractivity contribution < 1.29 is 4.74 Å². The largest absolute Gasteiger partial charge is 0.496 e. The lowest BCUT2D eigenvalue weighted by molar-refractivity contribution is 0.419. The zero-order valence-electron chi connectivity index (χ0n) is 8.04. The Bertz CT molecular complexity index is 482. The van der Waals surface area contributed by atoms with Crippen molar-refractivity contribution in [1.29, 1.82) is 0 Å². The smallest absolute Gasteiger partial charge is 0.129 e. The SMILES string of the molecule is COc1cc(Br)cc2nccc(C)c12. The minimum atomic E-state index is 0.861. The topological polar surface area (TPSA) is 22.1 Å². The number of benzene rings is 1. The average Bonchev–Trinajstić information content (AvgIpc) is 2.16. The number of hydrogen-bond acceptors (Lipinski definition) is 2. The molecule has 0 unspecified atom stereocenters. The number of halogens is 1. The number of aryl methyl sites for hydroxylation is 1. The van der Waals surface area contributed by atoms with Crippen LogP contribution in [0.1, 0.15) is 5.56 Å². The summed E-state index contributed by atoms with van der Waals surface area (Å²) >= 11 is 3.43. The van der Waals surface area contributed by atoms with Gasteiger partial charge in [0.1, 0.15) is 5.75 Å². The first-order valence-electron chi connectivity index (χ1n) is 4.31. The molecule has 2 nitrogen and oxygen atoms in total. The lowest BCUT2D eigenvalue weighted by Crippen LogP contribution is -1.89. The fraction of sp³-hybridized carbons (Fsp3) is 0.182. The van der Waals surface area contributed by atoms with Gasteiger partial charge in [0.15, 0.2) is 0 Å². The fourth-order valence-corrected chi connectivity index (χ4v) is 1.96. The zero-order chi connectivity index (χ0) is 10.1. The van der Waals surface area contributed by atoms with E-state index < -0.39 is 0 Å². The maximum absolute atomic E-state index is 5.32. The lowest BCUT2D eigenvalue weighted by atomic mass is 10.1. The number of nitrogens with zero attached hydrogens (tertiary/aromatic N) is 1. The summed E-state index contributed by atoms with van der Waals surface area (Å²) in [4.78, 5) is 4.30. The Balaban J connectivity index is 2.88. The van der Waals surface area contributed by atoms with Gasteiger partial charge in [0, 0.05) is 16.1 Å². The van der Waals surface area contributed by atoms with Crippen LogP contribution in [0.5, 0.6) is 5.75 Å². The van der Waals surface area contributed by atoms with E-state index in [1.165, 1.54) is 5.56 Å². The summed E-state index contributed by atoms with van der Waals surface area (Å²) in [5.41, 5.74) is 2.13. The van der Waals surface area contributed by atoms with Crippen molar-refractivity contribution in [3.63, 3.8) is 0 Å². The molecule has 0 aliphatic rings. The second-order valence-electron chi connectivity index (χ2n) is 3.13. The van der Waals surface area contributed by atoms with E-state index in [0.29, 0.717) is 0 Å². The standard InChI is InChI=1S/C11H10BrNO/c1-7-3-4-13-9-5-8(12)6-10(14-2)11(7)9/h3-6H,1-2H3. The van der Waals surface area contributed by atoms with E-state index in [2.05, 4.69) is 27.8 Å². The van der Waals surface area contributed by atoms with Crippen LogP contribution < -0.4 is 4.74 Å². The van der Waals surface area contributed by atoms with Crippen molar-refractivity contribution in [3.8, 4) is 5.75 Å². The highest BCUT2D eigenvalue weighted by Gasteiger charge is 2.06. The maximum Gasteiger partial charge on any atom is 0.129 e. The third-order valence-electron chi connectivity index (χ3n) is 2.20. The van der Waals surface area contributed by atoms with Crippen molar-refractivity contribution >= 4 is 26.8 Å². The van der Waals surface area contributed by atoms with Crippen molar-refractivity contribution in [2.75, 3.05) is 7.11 Å². The van der Waals surface area contributed by atoms with Crippen LogP contribution in [0.4, 0.5) is 0 Å². The van der Waals surface area contributed by atoms with Gasteiger partial charge in [-0.2, -0.15) is 0 Å². The van der Waals surface area contributed by atoms with Crippen molar-refractivity contribution in [3.05, 3.63) is 34.4 Å². The van der Waals surface area contributed by atoms with Crippen LogP contribution in [0.3, 0.4) is 0 Å². The van der Waals surface area contributed by atoms with Crippen LogP contribution in [0.25, 0.3) is 10.9 Å². The third-order valence-corrected chi connectivity index (χ3v) is 2.66. The number of aromatic nitrogens is 1. The van der Waals surface area contributed by atoms with Gasteiger partial charge in [-0.1, -0.05) is 15.9 Å². The van der Waals surface area contributed by atoms with Crippen molar-refractivity contribution in [2.24, 2.45) is 0 Å². The molecule has 1 heterocycles. The molecule has 1 aromatic carbocycles. The Labute approximate surface area is 91.0 Å². The molecule has 0 aliphatic heterocycles. The third kappa shape index (κ3) is 1.48. The summed E-state index contributed by atoms with van der Waals surface area (Å²) in [7, 11) is 1.67. The second-order valence-corrected chi connectivity index (χ2v) is 4.05. The molecule has 0 saturated carbocycles. The van der Waals surface area contributed by atoms with Crippen molar-refractivity contribution in [1.82, 2.24) is 4.98 Å². The highest BCUT2D eigenvalue weighted by atomic mass is 79.9. The minimum absolute atomic E-state index is 0.861. The van der Waals surface area contributed by atoms with E-state index in [1.54, 1.807) is 7.11 Å². The molecule has 14 heavy (non-hydrogen) atoms. The Morgan fingerprint density at radius 1 is 1.36 bits per heavy atom.